The molecule has 0 atom stereocenters. The van der Waals surface area contributed by atoms with Gasteiger partial charge in [0.1, 0.15) is 5.76 Å². The third-order valence-corrected chi connectivity index (χ3v) is 5.91. The van der Waals surface area contributed by atoms with Gasteiger partial charge >= 0.3 is 0 Å². The lowest BCUT2D eigenvalue weighted by atomic mass is 10.0. The third-order valence-electron chi connectivity index (χ3n) is 4.91. The summed E-state index contributed by atoms with van der Waals surface area (Å²) in [5.41, 5.74) is 2.04. The lowest BCUT2D eigenvalue weighted by Gasteiger charge is -2.27. The predicted molar refractivity (Wildman–Crippen MR) is 111 cm³/mol. The van der Waals surface area contributed by atoms with Crippen LogP contribution in [0.5, 0.6) is 0 Å². The summed E-state index contributed by atoms with van der Waals surface area (Å²) in [5, 5.41) is 9.24. The Morgan fingerprint density at radius 2 is 2.10 bits per heavy atom. The molecule has 1 aliphatic rings. The molecule has 4 rings (SSSR count). The molecule has 0 bridgehead atoms. The number of amides is 1. The zero-order valence-electron chi connectivity index (χ0n) is 16.3. The van der Waals surface area contributed by atoms with Crippen LogP contribution in [0.25, 0.3) is 11.4 Å². The quantitative estimate of drug-likeness (QED) is 0.548. The van der Waals surface area contributed by atoms with E-state index in [4.69, 9.17) is 4.42 Å². The summed E-state index contributed by atoms with van der Waals surface area (Å²) in [7, 11) is 1.91. The van der Waals surface area contributed by atoms with Crippen molar-refractivity contribution in [2.45, 2.75) is 37.4 Å². The topological polar surface area (TPSA) is 77.0 Å². The number of hydrogen-bond acceptors (Lipinski definition) is 6. The van der Waals surface area contributed by atoms with E-state index in [1.54, 1.807) is 18.7 Å². The van der Waals surface area contributed by atoms with Crippen molar-refractivity contribution >= 4 is 17.7 Å². The number of furan rings is 1. The molecule has 150 valence electrons. The van der Waals surface area contributed by atoms with Crippen LogP contribution < -0.4 is 0 Å². The Labute approximate surface area is 173 Å². The molecule has 0 saturated carbocycles. The van der Waals surface area contributed by atoms with E-state index in [0.29, 0.717) is 17.5 Å². The van der Waals surface area contributed by atoms with E-state index < -0.39 is 0 Å². The van der Waals surface area contributed by atoms with Gasteiger partial charge in [-0.1, -0.05) is 17.8 Å². The summed E-state index contributed by atoms with van der Waals surface area (Å²) < 4.78 is 7.39. The Bertz CT molecular complexity index is 982. The van der Waals surface area contributed by atoms with Crippen LogP contribution in [0.1, 0.15) is 31.4 Å². The standard InChI is InChI=1S/C21H23N5O2S/c1-25-20(16-9-11-22-12-10-16)23-24-21(25)29-15-19(27)26(14-18-8-5-13-28-18)17-6-3-2-4-7-17/h5-6,8-13H,2-4,7,14-15H2,1H3. The summed E-state index contributed by atoms with van der Waals surface area (Å²) in [6, 6.07) is 7.54. The first-order valence-electron chi connectivity index (χ1n) is 9.67. The number of rotatable bonds is 7. The van der Waals surface area contributed by atoms with Gasteiger partial charge in [-0.05, 0) is 49.9 Å². The van der Waals surface area contributed by atoms with Gasteiger partial charge in [0, 0.05) is 30.7 Å². The number of pyridine rings is 1. The lowest BCUT2D eigenvalue weighted by molar-refractivity contribution is -0.127. The minimum Gasteiger partial charge on any atom is -0.467 e. The zero-order valence-corrected chi connectivity index (χ0v) is 17.1. The zero-order chi connectivity index (χ0) is 20.1. The van der Waals surface area contributed by atoms with E-state index >= 15 is 0 Å². The number of allylic oxidation sites excluding steroid dienone is 2. The summed E-state index contributed by atoms with van der Waals surface area (Å²) >= 11 is 1.40. The molecule has 0 unspecified atom stereocenters. The molecule has 0 N–H and O–H groups in total. The second-order valence-corrected chi connectivity index (χ2v) is 7.83. The van der Waals surface area contributed by atoms with Gasteiger partial charge in [0.25, 0.3) is 0 Å². The molecule has 7 nitrogen and oxygen atoms in total. The fraction of sp³-hybridized carbons (Fsp3) is 0.333. The maximum Gasteiger partial charge on any atom is 0.237 e. The minimum absolute atomic E-state index is 0.0491. The molecule has 0 saturated heterocycles. The van der Waals surface area contributed by atoms with Crippen LogP contribution in [0.15, 0.2) is 64.3 Å². The highest BCUT2D eigenvalue weighted by Crippen LogP contribution is 2.26. The highest BCUT2D eigenvalue weighted by atomic mass is 32.2. The van der Waals surface area contributed by atoms with Gasteiger partial charge in [-0.25, -0.2) is 0 Å². The molecule has 1 aliphatic carbocycles. The minimum atomic E-state index is 0.0491. The highest BCUT2D eigenvalue weighted by molar-refractivity contribution is 7.99. The Hall–Kier alpha value is -2.87. The Morgan fingerprint density at radius 3 is 2.83 bits per heavy atom. The van der Waals surface area contributed by atoms with Crippen molar-refractivity contribution in [2.24, 2.45) is 7.05 Å². The first kappa shape index (κ1) is 19.4. The molecule has 3 heterocycles. The van der Waals surface area contributed by atoms with Crippen LogP contribution in [-0.4, -0.2) is 36.3 Å². The van der Waals surface area contributed by atoms with Crippen molar-refractivity contribution in [1.29, 1.82) is 0 Å². The van der Waals surface area contributed by atoms with E-state index in [0.717, 1.165) is 42.1 Å². The Balaban J connectivity index is 1.47. The predicted octanol–water partition coefficient (Wildman–Crippen LogP) is 4.05. The molecular weight excluding hydrogens is 386 g/mol. The van der Waals surface area contributed by atoms with Crippen LogP contribution in [-0.2, 0) is 18.4 Å². The molecule has 0 aromatic carbocycles. The van der Waals surface area contributed by atoms with Crippen LogP contribution in [0.3, 0.4) is 0 Å². The van der Waals surface area contributed by atoms with E-state index in [1.807, 2.05) is 40.8 Å². The molecule has 3 aromatic heterocycles. The first-order chi connectivity index (χ1) is 14.2. The maximum absolute atomic E-state index is 13.1. The average Bonchev–Trinajstić information content (AvgIpc) is 3.41. The molecule has 0 fully saturated rings. The monoisotopic (exact) mass is 409 g/mol. The van der Waals surface area contributed by atoms with Crippen molar-refractivity contribution < 1.29 is 9.21 Å². The number of hydrogen-bond donors (Lipinski definition) is 0. The number of nitrogens with zero attached hydrogens (tertiary/aromatic N) is 5. The fourth-order valence-electron chi connectivity index (χ4n) is 3.37. The Kier molecular flexibility index (Phi) is 6.09. The van der Waals surface area contributed by atoms with Gasteiger partial charge < -0.3 is 13.9 Å². The van der Waals surface area contributed by atoms with Crippen LogP contribution in [0.4, 0.5) is 0 Å². The fourth-order valence-corrected chi connectivity index (χ4v) is 4.16. The van der Waals surface area contributed by atoms with Crippen molar-refractivity contribution in [2.75, 3.05) is 5.75 Å². The van der Waals surface area contributed by atoms with E-state index in [1.165, 1.54) is 18.2 Å². The molecule has 8 heteroatoms. The number of thioether (sulfide) groups is 1. The number of carbonyl (C=O) groups excluding carboxylic acids is 1. The first-order valence-corrected chi connectivity index (χ1v) is 10.7. The van der Waals surface area contributed by atoms with E-state index in [9.17, 15) is 4.79 Å². The van der Waals surface area contributed by atoms with Gasteiger partial charge in [-0.15, -0.1) is 10.2 Å². The van der Waals surface area contributed by atoms with Gasteiger partial charge in [-0.3, -0.25) is 9.78 Å². The smallest absolute Gasteiger partial charge is 0.237 e. The van der Waals surface area contributed by atoms with Crippen LogP contribution in [0.2, 0.25) is 0 Å². The molecule has 0 radical (unpaired) electrons. The summed E-state index contributed by atoms with van der Waals surface area (Å²) in [6.07, 6.45) is 11.5. The molecular formula is C21H23N5O2S. The van der Waals surface area contributed by atoms with Gasteiger partial charge in [0.15, 0.2) is 11.0 Å². The highest BCUT2D eigenvalue weighted by Gasteiger charge is 2.22. The SMILES string of the molecule is Cn1c(SCC(=O)N(Cc2ccco2)C2=CCCCC2)nnc1-c1ccncc1. The number of carbonyl (C=O) groups is 1. The Morgan fingerprint density at radius 1 is 1.24 bits per heavy atom. The van der Waals surface area contributed by atoms with E-state index in [2.05, 4.69) is 21.3 Å². The normalized spacial score (nSPS) is 13.9. The summed E-state index contributed by atoms with van der Waals surface area (Å²) in [5.74, 6) is 1.88. The van der Waals surface area contributed by atoms with Gasteiger partial charge in [0.2, 0.25) is 5.91 Å². The average molecular weight is 410 g/mol. The third kappa shape index (κ3) is 4.59. The lowest BCUT2D eigenvalue weighted by Crippen LogP contribution is -2.32. The molecule has 3 aromatic rings. The van der Waals surface area contributed by atoms with Gasteiger partial charge in [0.05, 0.1) is 18.6 Å². The largest absolute Gasteiger partial charge is 0.467 e. The van der Waals surface area contributed by atoms with Crippen molar-refractivity contribution in [3.63, 3.8) is 0 Å². The molecule has 1 amide bonds. The molecule has 29 heavy (non-hydrogen) atoms. The maximum atomic E-state index is 13.1. The number of aromatic nitrogens is 4. The van der Waals surface area contributed by atoms with Gasteiger partial charge in [-0.2, -0.15) is 0 Å². The van der Waals surface area contributed by atoms with Crippen LogP contribution in [0, 0.1) is 0 Å². The van der Waals surface area contributed by atoms with Crippen molar-refractivity contribution in [1.82, 2.24) is 24.6 Å². The van der Waals surface area contributed by atoms with Crippen molar-refractivity contribution in [3.8, 4) is 11.4 Å². The van der Waals surface area contributed by atoms with Crippen LogP contribution >= 0.6 is 11.8 Å². The van der Waals surface area contributed by atoms with Crippen molar-refractivity contribution in [3.05, 3.63) is 60.5 Å². The summed E-state index contributed by atoms with van der Waals surface area (Å²) in [4.78, 5) is 19.0. The molecule has 0 aliphatic heterocycles. The molecule has 0 spiro atoms. The van der Waals surface area contributed by atoms with E-state index in [-0.39, 0.29) is 5.91 Å². The summed E-state index contributed by atoms with van der Waals surface area (Å²) in [6.45, 7) is 0.458. The second-order valence-electron chi connectivity index (χ2n) is 6.89. The second kappa shape index (κ2) is 9.09.